The van der Waals surface area contributed by atoms with Crippen LogP contribution in [-0.2, 0) is 6.61 Å². The molecule has 1 atom stereocenters. The third-order valence-corrected chi connectivity index (χ3v) is 5.87. The molecule has 0 amide bonds. The minimum Gasteiger partial charge on any atom is -0.392 e. The predicted molar refractivity (Wildman–Crippen MR) is 111 cm³/mol. The first-order valence-corrected chi connectivity index (χ1v) is 10.1. The first kappa shape index (κ1) is 20.1. The van der Waals surface area contributed by atoms with Crippen LogP contribution in [0.2, 0.25) is 5.02 Å². The molecule has 1 heterocycles. The molecule has 3 rings (SSSR count). The van der Waals surface area contributed by atoms with Gasteiger partial charge >= 0.3 is 0 Å². The fourth-order valence-electron chi connectivity index (χ4n) is 3.70. The summed E-state index contributed by atoms with van der Waals surface area (Å²) in [5, 5.41) is 10.2. The first-order chi connectivity index (χ1) is 13.1. The number of hydrogen-bond acceptors (Lipinski definition) is 3. The lowest BCUT2D eigenvalue weighted by Crippen LogP contribution is -2.46. The van der Waals surface area contributed by atoms with Crippen molar-refractivity contribution in [1.29, 1.82) is 0 Å². The van der Waals surface area contributed by atoms with Crippen molar-refractivity contribution in [3.8, 4) is 11.1 Å². The van der Waals surface area contributed by atoms with E-state index in [2.05, 4.69) is 16.7 Å². The smallest absolute Gasteiger partial charge is 0.126 e. The molecular formula is C22H28ClFN2O. The number of piperazine rings is 1. The number of anilines is 1. The molecule has 1 aliphatic heterocycles. The van der Waals surface area contributed by atoms with Gasteiger partial charge in [0, 0.05) is 43.0 Å². The van der Waals surface area contributed by atoms with Crippen molar-refractivity contribution in [2.45, 2.75) is 33.0 Å². The van der Waals surface area contributed by atoms with E-state index >= 15 is 0 Å². The highest BCUT2D eigenvalue weighted by Gasteiger charge is 2.22. The van der Waals surface area contributed by atoms with Crippen LogP contribution < -0.4 is 4.90 Å². The van der Waals surface area contributed by atoms with E-state index in [1.165, 1.54) is 0 Å². The summed E-state index contributed by atoms with van der Waals surface area (Å²) in [5.41, 5.74) is 4.00. The largest absolute Gasteiger partial charge is 0.392 e. The van der Waals surface area contributed by atoms with E-state index in [1.54, 1.807) is 0 Å². The summed E-state index contributed by atoms with van der Waals surface area (Å²) in [7, 11) is 0. The second kappa shape index (κ2) is 9.05. The van der Waals surface area contributed by atoms with Gasteiger partial charge in [-0.05, 0) is 36.2 Å². The van der Waals surface area contributed by atoms with Gasteiger partial charge in [-0.1, -0.05) is 49.7 Å². The maximum absolute atomic E-state index is 14.7. The topological polar surface area (TPSA) is 26.7 Å². The Morgan fingerprint density at radius 1 is 1.07 bits per heavy atom. The standard InChI is InChI=1S/C22H28ClFN2O/c1-3-21(24)20-14-17(26-11-9-25(4-2)10-12-26)13-19(22(20)23)18-8-6-5-7-16(18)15-27/h5-8,13-14,21,27H,3-4,9-12,15H2,1-2H3. The Hall–Kier alpha value is -1.62. The number of benzene rings is 2. The van der Waals surface area contributed by atoms with Crippen LogP contribution in [-0.4, -0.2) is 42.7 Å². The van der Waals surface area contributed by atoms with Crippen molar-refractivity contribution in [2.75, 3.05) is 37.6 Å². The minimum absolute atomic E-state index is 0.0753. The van der Waals surface area contributed by atoms with Crippen LogP contribution in [0.3, 0.4) is 0 Å². The minimum atomic E-state index is -1.10. The van der Waals surface area contributed by atoms with Crippen LogP contribution in [0, 0.1) is 0 Å². The SMILES string of the molecule is CCC(F)c1cc(N2CCN(CC)CC2)cc(-c2ccccc2CO)c1Cl. The zero-order valence-corrected chi connectivity index (χ0v) is 16.8. The van der Waals surface area contributed by atoms with E-state index in [0.29, 0.717) is 17.0 Å². The first-order valence-electron chi connectivity index (χ1n) is 9.72. The molecule has 0 spiro atoms. The molecule has 1 N–H and O–H groups in total. The summed E-state index contributed by atoms with van der Waals surface area (Å²) in [5.74, 6) is 0. The third kappa shape index (κ3) is 4.29. The average Bonchev–Trinajstić information content (AvgIpc) is 2.73. The molecule has 2 aromatic carbocycles. The molecule has 1 saturated heterocycles. The maximum Gasteiger partial charge on any atom is 0.126 e. The van der Waals surface area contributed by atoms with Gasteiger partial charge in [0.25, 0.3) is 0 Å². The van der Waals surface area contributed by atoms with Gasteiger partial charge < -0.3 is 14.9 Å². The summed E-state index contributed by atoms with van der Waals surface area (Å²) < 4.78 is 14.7. The van der Waals surface area contributed by atoms with E-state index < -0.39 is 6.17 Å². The van der Waals surface area contributed by atoms with E-state index in [9.17, 15) is 9.50 Å². The predicted octanol–water partition coefficient (Wildman–Crippen LogP) is 5.06. The lowest BCUT2D eigenvalue weighted by atomic mass is 9.95. The quantitative estimate of drug-likeness (QED) is 0.746. The number of hydrogen-bond donors (Lipinski definition) is 1. The highest BCUT2D eigenvalue weighted by molar-refractivity contribution is 6.34. The molecule has 0 saturated carbocycles. The number of nitrogens with zero attached hydrogens (tertiary/aromatic N) is 2. The number of alkyl halides is 1. The molecule has 1 unspecified atom stereocenters. The summed E-state index contributed by atoms with van der Waals surface area (Å²) in [4.78, 5) is 4.72. The second-order valence-corrected chi connectivity index (χ2v) is 7.39. The molecular weight excluding hydrogens is 363 g/mol. The molecule has 2 aromatic rings. The lowest BCUT2D eigenvalue weighted by molar-refractivity contribution is 0.271. The number of likely N-dealkylation sites (N-methyl/N-ethyl adjacent to an activating group) is 1. The van der Waals surface area contributed by atoms with Gasteiger partial charge in [-0.3, -0.25) is 0 Å². The Bertz CT molecular complexity index is 775. The molecule has 1 aliphatic rings. The van der Waals surface area contributed by atoms with E-state index in [1.807, 2.05) is 43.3 Å². The summed E-state index contributed by atoms with van der Waals surface area (Å²) >= 11 is 6.65. The van der Waals surface area contributed by atoms with Gasteiger partial charge in [0.1, 0.15) is 6.17 Å². The van der Waals surface area contributed by atoms with Crippen LogP contribution in [0.4, 0.5) is 10.1 Å². The van der Waals surface area contributed by atoms with Crippen molar-refractivity contribution < 1.29 is 9.50 Å². The Kier molecular flexibility index (Phi) is 6.74. The fraction of sp³-hybridized carbons (Fsp3) is 0.455. The van der Waals surface area contributed by atoms with Crippen molar-refractivity contribution in [3.63, 3.8) is 0 Å². The molecule has 0 bridgehead atoms. The van der Waals surface area contributed by atoms with Gasteiger partial charge in [-0.2, -0.15) is 0 Å². The number of aliphatic hydroxyl groups is 1. The second-order valence-electron chi connectivity index (χ2n) is 7.01. The molecule has 0 aromatic heterocycles. The number of halogens is 2. The van der Waals surface area contributed by atoms with Crippen LogP contribution in [0.25, 0.3) is 11.1 Å². The van der Waals surface area contributed by atoms with Crippen molar-refractivity contribution in [3.05, 3.63) is 52.5 Å². The fourth-order valence-corrected chi connectivity index (χ4v) is 4.03. The maximum atomic E-state index is 14.7. The Morgan fingerprint density at radius 2 is 1.78 bits per heavy atom. The molecule has 0 aliphatic carbocycles. The van der Waals surface area contributed by atoms with Crippen molar-refractivity contribution >= 4 is 17.3 Å². The van der Waals surface area contributed by atoms with Crippen molar-refractivity contribution in [1.82, 2.24) is 4.90 Å². The molecule has 146 valence electrons. The van der Waals surface area contributed by atoms with Crippen LogP contribution >= 0.6 is 11.6 Å². The average molecular weight is 391 g/mol. The van der Waals surface area contributed by atoms with E-state index in [0.717, 1.165) is 55.1 Å². The highest BCUT2D eigenvalue weighted by atomic mass is 35.5. The third-order valence-electron chi connectivity index (χ3n) is 5.44. The molecule has 5 heteroatoms. The van der Waals surface area contributed by atoms with Gasteiger partial charge in [-0.15, -0.1) is 0 Å². The van der Waals surface area contributed by atoms with E-state index in [-0.39, 0.29) is 6.61 Å². The van der Waals surface area contributed by atoms with Crippen LogP contribution in [0.1, 0.15) is 37.6 Å². The van der Waals surface area contributed by atoms with Crippen LogP contribution in [0.15, 0.2) is 36.4 Å². The number of aliphatic hydroxyl groups excluding tert-OH is 1. The van der Waals surface area contributed by atoms with Crippen LogP contribution in [0.5, 0.6) is 0 Å². The zero-order valence-electron chi connectivity index (χ0n) is 16.1. The summed E-state index contributed by atoms with van der Waals surface area (Å²) in [6.45, 7) is 8.82. The zero-order chi connectivity index (χ0) is 19.4. The number of rotatable bonds is 6. The van der Waals surface area contributed by atoms with Gasteiger partial charge in [0.15, 0.2) is 0 Å². The van der Waals surface area contributed by atoms with E-state index in [4.69, 9.17) is 11.6 Å². The lowest BCUT2D eigenvalue weighted by Gasteiger charge is -2.36. The summed E-state index contributed by atoms with van der Waals surface area (Å²) in [6, 6.07) is 11.6. The Morgan fingerprint density at radius 3 is 2.41 bits per heavy atom. The van der Waals surface area contributed by atoms with Gasteiger partial charge in [0.05, 0.1) is 11.6 Å². The molecule has 0 radical (unpaired) electrons. The summed E-state index contributed by atoms with van der Waals surface area (Å²) in [6.07, 6.45) is -0.720. The monoisotopic (exact) mass is 390 g/mol. The molecule has 1 fully saturated rings. The van der Waals surface area contributed by atoms with Crippen molar-refractivity contribution in [2.24, 2.45) is 0 Å². The highest BCUT2D eigenvalue weighted by Crippen LogP contribution is 2.41. The van der Waals surface area contributed by atoms with Gasteiger partial charge in [-0.25, -0.2) is 4.39 Å². The Balaban J connectivity index is 2.07. The Labute approximate surface area is 166 Å². The molecule has 27 heavy (non-hydrogen) atoms. The van der Waals surface area contributed by atoms with Gasteiger partial charge in [0.2, 0.25) is 0 Å². The normalized spacial score (nSPS) is 16.6. The molecule has 3 nitrogen and oxygen atoms in total.